The molecule has 0 N–H and O–H groups in total. The van der Waals surface area contributed by atoms with Gasteiger partial charge < -0.3 is 9.47 Å². The zero-order valence-corrected chi connectivity index (χ0v) is 16.3. The van der Waals surface area contributed by atoms with E-state index in [2.05, 4.69) is 6.58 Å². The summed E-state index contributed by atoms with van der Waals surface area (Å²) in [5.74, 6) is 0.00688. The number of unbranched alkanes of at least 4 members (excludes halogenated alkanes) is 3. The van der Waals surface area contributed by atoms with Crippen molar-refractivity contribution in [3.8, 4) is 16.9 Å². The Labute approximate surface area is 170 Å². The highest BCUT2D eigenvalue weighted by atomic mass is 19.1. The topological polar surface area (TPSA) is 52.6 Å². The molecule has 2 aromatic carbocycles. The van der Waals surface area contributed by atoms with Crippen molar-refractivity contribution in [2.24, 2.45) is 0 Å². The highest BCUT2D eigenvalue weighted by Gasteiger charge is 2.06. The first-order valence-electron chi connectivity index (χ1n) is 9.58. The normalized spacial score (nSPS) is 10.7. The fourth-order valence-electron chi connectivity index (χ4n) is 2.73. The largest absolute Gasteiger partial charge is 0.494 e. The zero-order chi connectivity index (χ0) is 20.9. The van der Waals surface area contributed by atoms with E-state index in [-0.39, 0.29) is 11.8 Å². The van der Waals surface area contributed by atoms with Crippen molar-refractivity contribution in [2.75, 3.05) is 13.2 Å². The molecule has 0 aliphatic rings. The third-order valence-electron chi connectivity index (χ3n) is 4.24. The number of benzene rings is 2. The van der Waals surface area contributed by atoms with Gasteiger partial charge in [0.05, 0.1) is 13.2 Å². The van der Waals surface area contributed by atoms with Crippen molar-refractivity contribution in [3.63, 3.8) is 0 Å². The summed E-state index contributed by atoms with van der Waals surface area (Å²) in [6.45, 7) is 4.36. The Kier molecular flexibility index (Phi) is 9.36. The summed E-state index contributed by atoms with van der Waals surface area (Å²) in [5.41, 5.74) is 1.89. The molecule has 0 aliphatic carbocycles. The molecule has 0 bridgehead atoms. The van der Waals surface area contributed by atoms with Crippen LogP contribution in [0.25, 0.3) is 17.2 Å². The van der Waals surface area contributed by atoms with E-state index in [1.165, 1.54) is 12.1 Å². The predicted molar refractivity (Wildman–Crippen MR) is 112 cm³/mol. The van der Waals surface area contributed by atoms with Crippen molar-refractivity contribution in [1.82, 2.24) is 0 Å². The first kappa shape index (κ1) is 22.1. The molecule has 4 nitrogen and oxygen atoms in total. The third-order valence-corrected chi connectivity index (χ3v) is 4.24. The highest BCUT2D eigenvalue weighted by Crippen LogP contribution is 2.26. The number of carbonyl (C=O) groups excluding carboxylic acids is 2. The number of hydrogen-bond acceptors (Lipinski definition) is 4. The minimum Gasteiger partial charge on any atom is -0.494 e. The first-order valence-corrected chi connectivity index (χ1v) is 9.58. The Bertz CT molecular complexity index is 840. The fraction of sp³-hybridized carbons (Fsp3) is 0.250. The number of hydrogen-bond donors (Lipinski definition) is 0. The van der Waals surface area contributed by atoms with Crippen LogP contribution in [0.1, 0.15) is 31.2 Å². The van der Waals surface area contributed by atoms with Crippen molar-refractivity contribution >= 4 is 18.3 Å². The van der Waals surface area contributed by atoms with Gasteiger partial charge in [0, 0.05) is 11.6 Å². The first-order chi connectivity index (χ1) is 14.1. The van der Waals surface area contributed by atoms with Crippen LogP contribution in [-0.2, 0) is 14.3 Å². The lowest BCUT2D eigenvalue weighted by Gasteiger charge is -2.09. The number of esters is 1. The van der Waals surface area contributed by atoms with E-state index in [4.69, 9.17) is 9.47 Å². The van der Waals surface area contributed by atoms with Crippen LogP contribution in [0, 0.1) is 5.82 Å². The number of allylic oxidation sites excluding steroid dienone is 1. The van der Waals surface area contributed by atoms with Crippen LogP contribution in [0.5, 0.6) is 5.75 Å². The molecule has 0 unspecified atom stereocenters. The van der Waals surface area contributed by atoms with E-state index in [0.717, 1.165) is 43.1 Å². The molecule has 0 atom stereocenters. The lowest BCUT2D eigenvalue weighted by Crippen LogP contribution is -2.02. The van der Waals surface area contributed by atoms with E-state index in [1.807, 2.05) is 24.3 Å². The standard InChI is InChI=1S/C24H25FO4/c1-2-24(27)29-17-6-4-3-5-16-28-21-12-10-20(11-13-21)22-14-9-19(8-7-15-26)18-23(22)25/h2,7-15,18H,1,3-6,16-17H2/b8-7+. The Hall–Kier alpha value is -3.21. The highest BCUT2D eigenvalue weighted by molar-refractivity contribution is 5.81. The molecule has 0 heterocycles. The summed E-state index contributed by atoms with van der Waals surface area (Å²) in [4.78, 5) is 21.3. The maximum atomic E-state index is 14.3. The van der Waals surface area contributed by atoms with Crippen LogP contribution in [0.2, 0.25) is 0 Å². The summed E-state index contributed by atoms with van der Waals surface area (Å²) in [6, 6.07) is 12.2. The van der Waals surface area contributed by atoms with Gasteiger partial charge >= 0.3 is 5.97 Å². The van der Waals surface area contributed by atoms with Gasteiger partial charge in [0.1, 0.15) is 17.9 Å². The second-order valence-corrected chi connectivity index (χ2v) is 6.39. The van der Waals surface area contributed by atoms with Crippen molar-refractivity contribution in [2.45, 2.75) is 25.7 Å². The van der Waals surface area contributed by atoms with Gasteiger partial charge in [0.2, 0.25) is 0 Å². The maximum absolute atomic E-state index is 14.3. The molecule has 0 aliphatic heterocycles. The zero-order valence-electron chi connectivity index (χ0n) is 16.3. The summed E-state index contributed by atoms with van der Waals surface area (Å²) in [5, 5.41) is 0. The molecular formula is C24H25FO4. The minimum absolute atomic E-state index is 0.342. The molecule has 2 aromatic rings. The lowest BCUT2D eigenvalue weighted by molar-refractivity contribution is -0.137. The average molecular weight is 396 g/mol. The number of carbonyl (C=O) groups is 2. The molecule has 0 radical (unpaired) electrons. The van der Waals surface area contributed by atoms with Crippen LogP contribution in [0.4, 0.5) is 4.39 Å². The van der Waals surface area contributed by atoms with Crippen LogP contribution < -0.4 is 4.74 Å². The van der Waals surface area contributed by atoms with Gasteiger partial charge in [-0.25, -0.2) is 9.18 Å². The summed E-state index contributed by atoms with van der Waals surface area (Å²) < 4.78 is 25.0. The Morgan fingerprint density at radius 2 is 1.72 bits per heavy atom. The molecule has 0 amide bonds. The Morgan fingerprint density at radius 3 is 2.38 bits per heavy atom. The molecule has 0 spiro atoms. The Balaban J connectivity index is 1.75. The molecule has 0 saturated heterocycles. The second-order valence-electron chi connectivity index (χ2n) is 6.39. The molecule has 0 aromatic heterocycles. The molecule has 2 rings (SSSR count). The van der Waals surface area contributed by atoms with Crippen molar-refractivity contribution in [3.05, 3.63) is 72.6 Å². The quantitative estimate of drug-likeness (QED) is 0.209. The van der Waals surface area contributed by atoms with Crippen LogP contribution in [0.15, 0.2) is 61.2 Å². The average Bonchev–Trinajstić information content (AvgIpc) is 2.74. The second kappa shape index (κ2) is 12.3. The number of aldehydes is 1. The monoisotopic (exact) mass is 396 g/mol. The van der Waals surface area contributed by atoms with Gasteiger partial charge in [0.15, 0.2) is 0 Å². The van der Waals surface area contributed by atoms with Crippen LogP contribution >= 0.6 is 0 Å². The SMILES string of the molecule is C=CC(=O)OCCCCCCOc1ccc(-c2ccc(/C=C/C=O)cc2F)cc1. The molecule has 29 heavy (non-hydrogen) atoms. The van der Waals surface area contributed by atoms with Gasteiger partial charge in [-0.3, -0.25) is 4.79 Å². The lowest BCUT2D eigenvalue weighted by atomic mass is 10.0. The summed E-state index contributed by atoms with van der Waals surface area (Å²) >= 11 is 0. The van der Waals surface area contributed by atoms with Crippen LogP contribution in [-0.4, -0.2) is 25.5 Å². The van der Waals surface area contributed by atoms with Gasteiger partial charge in [-0.1, -0.05) is 36.9 Å². The molecular weight excluding hydrogens is 371 g/mol. The summed E-state index contributed by atoms with van der Waals surface area (Å²) in [6.07, 6.45) is 8.39. The molecule has 0 saturated carbocycles. The van der Waals surface area contributed by atoms with Gasteiger partial charge in [-0.2, -0.15) is 0 Å². The molecule has 152 valence electrons. The van der Waals surface area contributed by atoms with Gasteiger partial charge in [-0.15, -0.1) is 0 Å². The fourth-order valence-corrected chi connectivity index (χ4v) is 2.73. The minimum atomic E-state index is -0.387. The number of halogens is 1. The smallest absolute Gasteiger partial charge is 0.330 e. The third kappa shape index (κ3) is 7.74. The van der Waals surface area contributed by atoms with Gasteiger partial charge in [0.25, 0.3) is 0 Å². The van der Waals surface area contributed by atoms with Crippen molar-refractivity contribution in [1.29, 1.82) is 0 Å². The molecule has 5 heteroatoms. The number of ether oxygens (including phenoxy) is 2. The van der Waals surface area contributed by atoms with Crippen LogP contribution in [0.3, 0.4) is 0 Å². The van der Waals surface area contributed by atoms with E-state index in [0.29, 0.717) is 30.6 Å². The predicted octanol–water partition coefficient (Wildman–Crippen LogP) is 5.37. The Morgan fingerprint density at radius 1 is 1.00 bits per heavy atom. The summed E-state index contributed by atoms with van der Waals surface area (Å²) in [7, 11) is 0. The van der Waals surface area contributed by atoms with E-state index < -0.39 is 0 Å². The van der Waals surface area contributed by atoms with Crippen molar-refractivity contribution < 1.29 is 23.5 Å². The van der Waals surface area contributed by atoms with Gasteiger partial charge in [-0.05, 0) is 61.1 Å². The van der Waals surface area contributed by atoms with E-state index in [1.54, 1.807) is 18.2 Å². The van der Waals surface area contributed by atoms with E-state index in [9.17, 15) is 14.0 Å². The van der Waals surface area contributed by atoms with E-state index >= 15 is 0 Å². The number of rotatable bonds is 12. The molecule has 0 fully saturated rings. The maximum Gasteiger partial charge on any atom is 0.330 e.